The minimum absolute atomic E-state index is 0.404. The van der Waals surface area contributed by atoms with Crippen molar-refractivity contribution in [2.45, 2.75) is 29.9 Å². The molecule has 0 amide bonds. The molecule has 2 aromatic rings. The molecular formula is C14H14ClNO2S2. The molecule has 0 spiro atoms. The summed E-state index contributed by atoms with van der Waals surface area (Å²) in [5, 5.41) is 2.28. The molecule has 0 bridgehead atoms. The quantitative estimate of drug-likeness (QED) is 0.905. The fraction of sp³-hybridized carbons (Fsp3) is 0.286. The summed E-state index contributed by atoms with van der Waals surface area (Å²) in [5.74, 6) is 0.404. The summed E-state index contributed by atoms with van der Waals surface area (Å²) in [6, 6.07) is 7.22. The molecule has 1 aliphatic carbocycles. The molecule has 1 N–H and O–H groups in total. The molecule has 0 atom stereocenters. The van der Waals surface area contributed by atoms with Crippen molar-refractivity contribution in [3.8, 4) is 0 Å². The van der Waals surface area contributed by atoms with Gasteiger partial charge in [-0.05, 0) is 54.3 Å². The Morgan fingerprint density at radius 1 is 1.30 bits per heavy atom. The zero-order valence-corrected chi connectivity index (χ0v) is 13.3. The van der Waals surface area contributed by atoms with Gasteiger partial charge in [-0.1, -0.05) is 23.7 Å². The third-order valence-corrected chi connectivity index (χ3v) is 6.74. The lowest BCUT2D eigenvalue weighted by Gasteiger charge is -2.11. The van der Waals surface area contributed by atoms with Crippen molar-refractivity contribution in [3.63, 3.8) is 0 Å². The molecule has 0 saturated heterocycles. The number of nitrogens with one attached hydrogen (secondary N) is 1. The Labute approximate surface area is 127 Å². The van der Waals surface area contributed by atoms with Crippen LogP contribution in [0, 0.1) is 6.92 Å². The molecule has 6 heteroatoms. The predicted octanol–water partition coefficient (Wildman–Crippen LogP) is 4.39. The minimum atomic E-state index is -3.56. The second-order valence-corrected chi connectivity index (χ2v) is 8.15. The summed E-state index contributed by atoms with van der Waals surface area (Å²) < 4.78 is 28.1. The van der Waals surface area contributed by atoms with Gasteiger partial charge >= 0.3 is 0 Å². The smallest absolute Gasteiger partial charge is 0.271 e. The van der Waals surface area contributed by atoms with E-state index in [1.165, 1.54) is 11.3 Å². The van der Waals surface area contributed by atoms with E-state index in [9.17, 15) is 8.42 Å². The van der Waals surface area contributed by atoms with Gasteiger partial charge in [-0.3, -0.25) is 4.72 Å². The van der Waals surface area contributed by atoms with Crippen molar-refractivity contribution in [1.82, 2.24) is 0 Å². The molecule has 3 rings (SSSR count). The molecule has 1 fully saturated rings. The Morgan fingerprint density at radius 3 is 2.75 bits per heavy atom. The van der Waals surface area contributed by atoms with Crippen LogP contribution in [0.3, 0.4) is 0 Å². The van der Waals surface area contributed by atoms with Crippen molar-refractivity contribution in [3.05, 3.63) is 45.8 Å². The van der Waals surface area contributed by atoms with Crippen molar-refractivity contribution >= 4 is 38.6 Å². The van der Waals surface area contributed by atoms with E-state index >= 15 is 0 Å². The highest BCUT2D eigenvalue weighted by molar-refractivity contribution is 7.94. The maximum Gasteiger partial charge on any atom is 0.271 e. The molecule has 1 saturated carbocycles. The van der Waals surface area contributed by atoms with Crippen LogP contribution in [0.15, 0.2) is 33.9 Å². The van der Waals surface area contributed by atoms with Crippen LogP contribution in [0.1, 0.15) is 29.9 Å². The maximum absolute atomic E-state index is 12.5. The topological polar surface area (TPSA) is 46.2 Å². The van der Waals surface area contributed by atoms with Gasteiger partial charge < -0.3 is 0 Å². The molecule has 1 aromatic carbocycles. The Bertz CT molecular complexity index is 748. The number of sulfonamides is 1. The van der Waals surface area contributed by atoms with Crippen molar-refractivity contribution in [2.24, 2.45) is 0 Å². The number of hydrogen-bond donors (Lipinski definition) is 1. The average molecular weight is 328 g/mol. The third-order valence-electron chi connectivity index (χ3n) is 3.36. The van der Waals surface area contributed by atoms with Crippen LogP contribution in [0.25, 0.3) is 0 Å². The largest absolute Gasteiger partial charge is 0.277 e. The van der Waals surface area contributed by atoms with Crippen molar-refractivity contribution in [1.29, 1.82) is 0 Å². The van der Waals surface area contributed by atoms with E-state index in [4.69, 9.17) is 11.6 Å². The monoisotopic (exact) mass is 327 g/mol. The summed E-state index contributed by atoms with van der Waals surface area (Å²) in [6.45, 7) is 1.85. The van der Waals surface area contributed by atoms with Gasteiger partial charge in [-0.15, -0.1) is 11.3 Å². The lowest BCUT2D eigenvalue weighted by Crippen LogP contribution is -2.13. The van der Waals surface area contributed by atoms with E-state index in [0.29, 0.717) is 20.8 Å². The Morgan fingerprint density at radius 2 is 2.05 bits per heavy atom. The van der Waals surface area contributed by atoms with Gasteiger partial charge in [-0.2, -0.15) is 0 Å². The molecule has 20 heavy (non-hydrogen) atoms. The van der Waals surface area contributed by atoms with Crippen LogP contribution < -0.4 is 4.72 Å². The normalized spacial score (nSPS) is 15.3. The van der Waals surface area contributed by atoms with Gasteiger partial charge in [0.2, 0.25) is 0 Å². The molecule has 1 aromatic heterocycles. The number of aryl methyl sites for hydroxylation is 1. The first-order chi connectivity index (χ1) is 9.49. The zero-order valence-electron chi connectivity index (χ0n) is 10.9. The Hall–Kier alpha value is -1.04. The van der Waals surface area contributed by atoms with Crippen LogP contribution in [0.4, 0.5) is 5.69 Å². The summed E-state index contributed by atoms with van der Waals surface area (Å²) in [7, 11) is -3.56. The number of thiophene rings is 1. The van der Waals surface area contributed by atoms with E-state index in [1.807, 2.05) is 24.4 Å². The minimum Gasteiger partial charge on any atom is -0.277 e. The fourth-order valence-corrected chi connectivity index (χ4v) is 4.97. The van der Waals surface area contributed by atoms with Crippen LogP contribution in [0.2, 0.25) is 5.02 Å². The third kappa shape index (κ3) is 2.57. The molecule has 0 unspecified atom stereocenters. The van der Waals surface area contributed by atoms with E-state index in [2.05, 4.69) is 4.72 Å². The molecule has 3 nitrogen and oxygen atoms in total. The number of hydrogen-bond acceptors (Lipinski definition) is 3. The second-order valence-electron chi connectivity index (χ2n) is 4.98. The first kappa shape index (κ1) is 13.9. The molecule has 0 aliphatic heterocycles. The van der Waals surface area contributed by atoms with E-state index < -0.39 is 10.0 Å². The standard InChI is InChI=1S/C14H14ClNO2S2/c1-9-3-2-4-12(13(9)15)16-20(17,18)14-11(7-8-19-14)10-5-6-10/h2-4,7-8,10,16H,5-6H2,1H3. The highest BCUT2D eigenvalue weighted by atomic mass is 35.5. The van der Waals surface area contributed by atoms with Crippen LogP contribution in [-0.4, -0.2) is 8.42 Å². The Balaban J connectivity index is 1.96. The van der Waals surface area contributed by atoms with Gasteiger partial charge in [0, 0.05) is 0 Å². The molecule has 0 radical (unpaired) electrons. The lowest BCUT2D eigenvalue weighted by molar-refractivity contribution is 0.602. The van der Waals surface area contributed by atoms with E-state index in [-0.39, 0.29) is 0 Å². The summed E-state index contributed by atoms with van der Waals surface area (Å²) in [4.78, 5) is 0. The maximum atomic E-state index is 12.5. The first-order valence-corrected chi connectivity index (χ1v) is 9.08. The van der Waals surface area contributed by atoms with Gasteiger partial charge in [0.05, 0.1) is 10.7 Å². The van der Waals surface area contributed by atoms with Gasteiger partial charge in [-0.25, -0.2) is 8.42 Å². The molecule has 1 aliphatic rings. The molecule has 1 heterocycles. The zero-order chi connectivity index (χ0) is 14.3. The average Bonchev–Trinajstić information content (AvgIpc) is 3.11. The van der Waals surface area contributed by atoms with Gasteiger partial charge in [0.25, 0.3) is 10.0 Å². The van der Waals surface area contributed by atoms with Gasteiger partial charge in [0.15, 0.2) is 0 Å². The highest BCUT2D eigenvalue weighted by Crippen LogP contribution is 2.45. The summed E-state index contributed by atoms with van der Waals surface area (Å²) >= 11 is 7.41. The van der Waals surface area contributed by atoms with Crippen LogP contribution in [-0.2, 0) is 10.0 Å². The molecular weight excluding hydrogens is 314 g/mol. The first-order valence-electron chi connectivity index (χ1n) is 6.34. The van der Waals surface area contributed by atoms with E-state index in [0.717, 1.165) is 24.0 Å². The van der Waals surface area contributed by atoms with Crippen LogP contribution >= 0.6 is 22.9 Å². The highest BCUT2D eigenvalue weighted by Gasteiger charge is 2.31. The number of anilines is 1. The Kier molecular flexibility index (Phi) is 3.52. The lowest BCUT2D eigenvalue weighted by atomic mass is 10.2. The van der Waals surface area contributed by atoms with Gasteiger partial charge in [0.1, 0.15) is 4.21 Å². The van der Waals surface area contributed by atoms with E-state index in [1.54, 1.807) is 12.1 Å². The van der Waals surface area contributed by atoms with Crippen molar-refractivity contribution < 1.29 is 8.42 Å². The summed E-state index contributed by atoms with van der Waals surface area (Å²) in [5.41, 5.74) is 2.22. The molecule has 106 valence electrons. The summed E-state index contributed by atoms with van der Waals surface area (Å²) in [6.07, 6.45) is 2.15. The SMILES string of the molecule is Cc1cccc(NS(=O)(=O)c2sccc2C2CC2)c1Cl. The fourth-order valence-electron chi connectivity index (χ4n) is 2.14. The van der Waals surface area contributed by atoms with Crippen LogP contribution in [0.5, 0.6) is 0 Å². The number of rotatable bonds is 4. The number of halogens is 1. The number of benzene rings is 1. The van der Waals surface area contributed by atoms with Crippen molar-refractivity contribution in [2.75, 3.05) is 4.72 Å². The predicted molar refractivity (Wildman–Crippen MR) is 83.3 cm³/mol. The second kappa shape index (κ2) is 5.06.